The van der Waals surface area contributed by atoms with Gasteiger partial charge in [0.1, 0.15) is 6.17 Å². The third kappa shape index (κ3) is 5.88. The molecule has 1 aliphatic carbocycles. The number of unbranched alkanes of at least 4 members (excludes halogenated alkanes) is 2. The van der Waals surface area contributed by atoms with E-state index >= 15 is 4.39 Å². The molecule has 3 N–H and O–H groups in total. The van der Waals surface area contributed by atoms with Gasteiger partial charge < -0.3 is 20.1 Å². The molecule has 0 aromatic rings. The molecule has 0 amide bonds. The van der Waals surface area contributed by atoms with Crippen LogP contribution in [0, 0.1) is 11.8 Å². The Labute approximate surface area is 159 Å². The molecule has 0 aromatic carbocycles. The molecule has 1 heterocycles. The Morgan fingerprint density at radius 2 is 2.11 bits per heavy atom. The molecule has 7 heteroatoms. The SMILES string of the molecule is CCCCC(F)C(O)CC[C@H]1C(O)CC[C@@H]1C1(F)OC1=CCCCC(=O)O. The van der Waals surface area contributed by atoms with E-state index in [1.54, 1.807) is 6.08 Å². The van der Waals surface area contributed by atoms with Crippen molar-refractivity contribution >= 4 is 5.97 Å². The van der Waals surface area contributed by atoms with Gasteiger partial charge in [-0.2, -0.15) is 4.39 Å². The predicted molar refractivity (Wildman–Crippen MR) is 96.4 cm³/mol. The van der Waals surface area contributed by atoms with Crippen LogP contribution >= 0.6 is 0 Å². The summed E-state index contributed by atoms with van der Waals surface area (Å²) in [4.78, 5) is 10.5. The van der Waals surface area contributed by atoms with Crippen LogP contribution in [0.1, 0.15) is 71.1 Å². The number of aliphatic hydroxyl groups excluding tert-OH is 2. The molecule has 156 valence electrons. The van der Waals surface area contributed by atoms with Crippen LogP contribution < -0.4 is 0 Å². The average Bonchev–Trinajstić information content (AvgIpc) is 3.13. The minimum absolute atomic E-state index is 0.0220. The minimum atomic E-state index is -1.91. The molecule has 2 fully saturated rings. The highest BCUT2D eigenvalue weighted by molar-refractivity contribution is 5.66. The van der Waals surface area contributed by atoms with E-state index in [1.165, 1.54) is 0 Å². The van der Waals surface area contributed by atoms with E-state index in [2.05, 4.69) is 0 Å². The van der Waals surface area contributed by atoms with Crippen molar-refractivity contribution in [1.29, 1.82) is 0 Å². The zero-order valence-electron chi connectivity index (χ0n) is 15.9. The van der Waals surface area contributed by atoms with E-state index in [0.717, 1.165) is 6.42 Å². The smallest absolute Gasteiger partial charge is 0.308 e. The van der Waals surface area contributed by atoms with Crippen LogP contribution in [0.15, 0.2) is 11.8 Å². The van der Waals surface area contributed by atoms with Gasteiger partial charge in [0, 0.05) is 12.3 Å². The quantitative estimate of drug-likeness (QED) is 0.348. The maximum Gasteiger partial charge on any atom is 0.308 e. The van der Waals surface area contributed by atoms with Crippen LogP contribution in [0.2, 0.25) is 0 Å². The number of hydrogen-bond donors (Lipinski definition) is 3. The van der Waals surface area contributed by atoms with Gasteiger partial charge in [0.15, 0.2) is 5.76 Å². The third-order valence-electron chi connectivity index (χ3n) is 5.79. The Morgan fingerprint density at radius 3 is 2.78 bits per heavy atom. The number of carboxylic acids is 1. The van der Waals surface area contributed by atoms with Crippen molar-refractivity contribution in [3.05, 3.63) is 11.8 Å². The van der Waals surface area contributed by atoms with Gasteiger partial charge in [0.05, 0.1) is 12.2 Å². The number of hydrogen-bond acceptors (Lipinski definition) is 4. The van der Waals surface area contributed by atoms with Gasteiger partial charge in [-0.3, -0.25) is 4.79 Å². The molecular formula is C20H32F2O5. The van der Waals surface area contributed by atoms with Crippen molar-refractivity contribution in [3.63, 3.8) is 0 Å². The van der Waals surface area contributed by atoms with Crippen LogP contribution in [0.4, 0.5) is 8.78 Å². The summed E-state index contributed by atoms with van der Waals surface area (Å²) in [6.45, 7) is 1.96. The Balaban J connectivity index is 1.86. The lowest BCUT2D eigenvalue weighted by molar-refractivity contribution is -0.137. The molecule has 0 radical (unpaired) electrons. The topological polar surface area (TPSA) is 90.3 Å². The van der Waals surface area contributed by atoms with Gasteiger partial charge in [-0.1, -0.05) is 19.8 Å². The highest BCUT2D eigenvalue weighted by Crippen LogP contribution is 2.57. The van der Waals surface area contributed by atoms with Gasteiger partial charge >= 0.3 is 11.8 Å². The molecule has 1 aliphatic heterocycles. The summed E-state index contributed by atoms with van der Waals surface area (Å²) in [7, 11) is 0. The highest BCUT2D eigenvalue weighted by atomic mass is 19.2. The Morgan fingerprint density at radius 1 is 1.37 bits per heavy atom. The molecule has 0 spiro atoms. The fraction of sp³-hybridized carbons (Fsp3) is 0.850. The molecule has 5 nitrogen and oxygen atoms in total. The molecule has 4 unspecified atom stereocenters. The summed E-state index contributed by atoms with van der Waals surface area (Å²) in [5.41, 5.74) is 0. The lowest BCUT2D eigenvalue weighted by Crippen LogP contribution is -2.30. The average molecular weight is 390 g/mol. The Hall–Kier alpha value is -1.21. The first kappa shape index (κ1) is 22.1. The summed E-state index contributed by atoms with van der Waals surface area (Å²) >= 11 is 0. The number of aliphatic hydroxyl groups is 2. The standard InChI is InChI=1S/C20H32F2O5/c1-2-3-6-15(21)17(24)11-9-13-14(10-12-16(13)23)20(22)18(27-20)7-4-5-8-19(25)26/h7,13-17,23-24H,2-6,8-12H2,1H3,(H,25,26)/t13-,14+,15?,16?,17?,20?/m1/s1. The summed E-state index contributed by atoms with van der Waals surface area (Å²) in [6.07, 6.45) is 2.74. The van der Waals surface area contributed by atoms with Crippen molar-refractivity contribution in [3.8, 4) is 0 Å². The third-order valence-corrected chi connectivity index (χ3v) is 5.79. The van der Waals surface area contributed by atoms with Crippen LogP contribution in [0.25, 0.3) is 0 Å². The predicted octanol–water partition coefficient (Wildman–Crippen LogP) is 3.88. The van der Waals surface area contributed by atoms with Crippen LogP contribution in [-0.4, -0.2) is 45.5 Å². The van der Waals surface area contributed by atoms with E-state index in [4.69, 9.17) is 9.84 Å². The number of allylic oxidation sites excluding steroid dienone is 1. The van der Waals surface area contributed by atoms with Crippen LogP contribution in [0.5, 0.6) is 0 Å². The van der Waals surface area contributed by atoms with Gasteiger partial charge in [-0.15, -0.1) is 0 Å². The first-order chi connectivity index (χ1) is 12.8. The fourth-order valence-electron chi connectivity index (χ4n) is 4.10. The molecule has 0 bridgehead atoms. The molecule has 1 saturated carbocycles. The van der Waals surface area contributed by atoms with E-state index in [9.17, 15) is 19.4 Å². The minimum Gasteiger partial charge on any atom is -0.481 e. The lowest BCUT2D eigenvalue weighted by Gasteiger charge is -2.24. The van der Waals surface area contributed by atoms with Crippen molar-refractivity contribution in [2.24, 2.45) is 11.8 Å². The number of carboxylic acid groups (broad SMARTS) is 1. The summed E-state index contributed by atoms with van der Waals surface area (Å²) in [5, 5.41) is 28.8. The second-order valence-electron chi connectivity index (χ2n) is 7.82. The summed E-state index contributed by atoms with van der Waals surface area (Å²) in [6, 6.07) is 0. The van der Waals surface area contributed by atoms with Gasteiger partial charge in [0.2, 0.25) is 0 Å². The maximum absolute atomic E-state index is 15.1. The van der Waals surface area contributed by atoms with Gasteiger partial charge in [-0.05, 0) is 56.9 Å². The first-order valence-electron chi connectivity index (χ1n) is 10.1. The van der Waals surface area contributed by atoms with E-state index in [-0.39, 0.29) is 24.5 Å². The van der Waals surface area contributed by atoms with Crippen molar-refractivity contribution in [1.82, 2.24) is 0 Å². The first-order valence-corrected chi connectivity index (χ1v) is 10.1. The van der Waals surface area contributed by atoms with E-state index < -0.39 is 36.1 Å². The van der Waals surface area contributed by atoms with Crippen LogP contribution in [-0.2, 0) is 9.53 Å². The summed E-state index contributed by atoms with van der Waals surface area (Å²) in [5.74, 6) is -3.48. The molecule has 27 heavy (non-hydrogen) atoms. The van der Waals surface area contributed by atoms with E-state index in [0.29, 0.717) is 44.9 Å². The largest absolute Gasteiger partial charge is 0.481 e. The Bertz CT molecular complexity index is 527. The second-order valence-corrected chi connectivity index (χ2v) is 7.82. The highest BCUT2D eigenvalue weighted by Gasteiger charge is 2.63. The number of carbonyl (C=O) groups is 1. The number of aliphatic carboxylic acids is 1. The maximum atomic E-state index is 15.1. The molecule has 1 saturated heterocycles. The number of epoxide rings is 1. The Kier molecular flexibility index (Phi) is 8.04. The van der Waals surface area contributed by atoms with Crippen molar-refractivity contribution in [2.75, 3.05) is 0 Å². The van der Waals surface area contributed by atoms with Gasteiger partial charge in [-0.25, -0.2) is 4.39 Å². The lowest BCUT2D eigenvalue weighted by atomic mass is 9.85. The van der Waals surface area contributed by atoms with Crippen LogP contribution in [0.3, 0.4) is 0 Å². The number of halogens is 2. The van der Waals surface area contributed by atoms with Crippen molar-refractivity contribution < 1.29 is 33.6 Å². The van der Waals surface area contributed by atoms with Crippen molar-refractivity contribution in [2.45, 2.75) is 95.4 Å². The van der Waals surface area contributed by atoms with Gasteiger partial charge in [0.25, 0.3) is 0 Å². The monoisotopic (exact) mass is 390 g/mol. The molecule has 0 aromatic heterocycles. The summed E-state index contributed by atoms with van der Waals surface area (Å²) < 4.78 is 34.2. The number of ether oxygens (including phenoxy) is 1. The number of alkyl halides is 2. The number of rotatable bonds is 12. The zero-order valence-corrected chi connectivity index (χ0v) is 15.9. The zero-order chi connectivity index (χ0) is 20.0. The molecule has 6 atom stereocenters. The normalized spacial score (nSPS) is 33.7. The molecule has 2 aliphatic rings. The van der Waals surface area contributed by atoms with E-state index in [1.807, 2.05) is 6.92 Å². The fourth-order valence-corrected chi connectivity index (χ4v) is 4.10. The molecule has 2 rings (SSSR count). The second kappa shape index (κ2) is 9.82. The molecular weight excluding hydrogens is 358 g/mol.